The van der Waals surface area contributed by atoms with Gasteiger partial charge in [-0.25, -0.2) is 19.1 Å². The zero-order valence-electron chi connectivity index (χ0n) is 22.8. The van der Waals surface area contributed by atoms with Crippen LogP contribution in [-0.4, -0.2) is 76.6 Å². The number of anilines is 3. The number of urea groups is 1. The van der Waals surface area contributed by atoms with Gasteiger partial charge in [0, 0.05) is 49.7 Å². The summed E-state index contributed by atoms with van der Waals surface area (Å²) in [6.45, 7) is 12.0. The molecule has 1 saturated heterocycles. The van der Waals surface area contributed by atoms with Gasteiger partial charge in [-0.3, -0.25) is 4.90 Å². The fraction of sp³-hybridized carbons (Fsp3) is 0.481. The number of hydrogen-bond acceptors (Lipinski definition) is 7. The molecule has 3 aromatic rings. The summed E-state index contributed by atoms with van der Waals surface area (Å²) in [5.41, 5.74) is 3.87. The van der Waals surface area contributed by atoms with Crippen LogP contribution in [0.2, 0.25) is 0 Å². The number of aromatic nitrogens is 3. The zero-order chi connectivity index (χ0) is 27.2. The van der Waals surface area contributed by atoms with Gasteiger partial charge < -0.3 is 24.6 Å². The monoisotopic (exact) mass is 521 g/mol. The molecule has 0 bridgehead atoms. The second-order valence-electron chi connectivity index (χ2n) is 10.8. The first-order valence-electron chi connectivity index (χ1n) is 12.9. The van der Waals surface area contributed by atoms with E-state index < -0.39 is 5.60 Å². The molecule has 38 heavy (non-hydrogen) atoms. The lowest BCUT2D eigenvalue weighted by molar-refractivity contribution is 0.0159. The number of amides is 3. The number of carbonyl (C=O) groups excluding carboxylic acids is 2. The third kappa shape index (κ3) is 4.92. The predicted molar refractivity (Wildman–Crippen MR) is 145 cm³/mol. The summed E-state index contributed by atoms with van der Waals surface area (Å²) in [7, 11) is 1.57. The van der Waals surface area contributed by atoms with E-state index in [2.05, 4.69) is 20.3 Å². The van der Waals surface area contributed by atoms with Gasteiger partial charge in [0.15, 0.2) is 5.75 Å². The molecule has 2 aliphatic rings. The van der Waals surface area contributed by atoms with Crippen LogP contribution in [0.4, 0.5) is 26.8 Å². The van der Waals surface area contributed by atoms with Crippen molar-refractivity contribution in [2.45, 2.75) is 52.7 Å². The Labute approximate surface area is 222 Å². The minimum Gasteiger partial charge on any atom is -0.493 e. The molecule has 3 amide bonds. The fourth-order valence-corrected chi connectivity index (χ4v) is 5.13. The van der Waals surface area contributed by atoms with E-state index in [0.29, 0.717) is 49.9 Å². The maximum absolute atomic E-state index is 13.4. The Morgan fingerprint density at radius 1 is 1.16 bits per heavy atom. The van der Waals surface area contributed by atoms with Crippen LogP contribution in [0.25, 0.3) is 5.52 Å². The zero-order valence-corrected chi connectivity index (χ0v) is 22.8. The molecule has 11 heteroatoms. The Kier molecular flexibility index (Phi) is 6.54. The van der Waals surface area contributed by atoms with Gasteiger partial charge in [0.05, 0.1) is 30.2 Å². The molecule has 5 heterocycles. The highest BCUT2D eigenvalue weighted by atomic mass is 16.6. The van der Waals surface area contributed by atoms with Gasteiger partial charge >= 0.3 is 12.1 Å². The Bertz CT molecular complexity index is 1380. The summed E-state index contributed by atoms with van der Waals surface area (Å²) in [6.07, 6.45) is 3.91. The molecule has 11 nitrogen and oxygen atoms in total. The van der Waals surface area contributed by atoms with Crippen LogP contribution < -0.4 is 19.9 Å². The topological polar surface area (TPSA) is 105 Å². The lowest BCUT2D eigenvalue weighted by Crippen LogP contribution is -2.55. The standard InChI is InChI=1S/C27H35N7O4/c1-17-13-19-14-21(23(37-6)16-34(19)30-17)29-25(35)33-10-8-20-22(7-9-28-24(20)33)31-11-12-32(18(2)15-31)26(36)38-27(3,4)5/h7,9,13-14,16,18H,8,10-12,15H2,1-6H3,(H,29,35)/t18-/m0/s1. The first kappa shape index (κ1) is 25.6. The summed E-state index contributed by atoms with van der Waals surface area (Å²) in [5.74, 6) is 1.18. The number of rotatable bonds is 3. The maximum Gasteiger partial charge on any atom is 0.410 e. The molecule has 0 aromatic carbocycles. The van der Waals surface area contributed by atoms with Crippen molar-refractivity contribution >= 4 is 34.8 Å². The Morgan fingerprint density at radius 3 is 2.66 bits per heavy atom. The van der Waals surface area contributed by atoms with E-state index in [1.807, 2.05) is 52.8 Å². The number of nitrogens with zero attached hydrogens (tertiary/aromatic N) is 6. The van der Waals surface area contributed by atoms with Crippen molar-refractivity contribution in [2.75, 3.05) is 48.4 Å². The number of aryl methyl sites for hydroxylation is 1. The first-order valence-corrected chi connectivity index (χ1v) is 12.9. The van der Waals surface area contributed by atoms with Crippen molar-refractivity contribution in [3.63, 3.8) is 0 Å². The summed E-state index contributed by atoms with van der Waals surface area (Å²) >= 11 is 0. The minimum absolute atomic E-state index is 0.0159. The summed E-state index contributed by atoms with van der Waals surface area (Å²) in [4.78, 5) is 36.3. The molecule has 0 aliphatic carbocycles. The number of nitrogens with one attached hydrogen (secondary N) is 1. The molecule has 0 spiro atoms. The molecule has 0 saturated carbocycles. The van der Waals surface area contributed by atoms with E-state index in [-0.39, 0.29) is 18.2 Å². The predicted octanol–water partition coefficient (Wildman–Crippen LogP) is 4.09. The van der Waals surface area contributed by atoms with Gasteiger partial charge in [0.1, 0.15) is 11.4 Å². The van der Waals surface area contributed by atoms with Crippen molar-refractivity contribution < 1.29 is 19.1 Å². The van der Waals surface area contributed by atoms with Crippen molar-refractivity contribution in [2.24, 2.45) is 0 Å². The van der Waals surface area contributed by atoms with E-state index in [0.717, 1.165) is 22.5 Å². The SMILES string of the molecule is COc1cn2nc(C)cc2cc1NC(=O)N1CCc2c(N3CCN(C(=O)OC(C)(C)C)[C@@H](C)C3)ccnc21. The van der Waals surface area contributed by atoms with Crippen LogP contribution in [0.15, 0.2) is 30.6 Å². The van der Waals surface area contributed by atoms with E-state index in [9.17, 15) is 9.59 Å². The average Bonchev–Trinajstić information content (AvgIpc) is 3.44. The maximum atomic E-state index is 13.4. The highest BCUT2D eigenvalue weighted by molar-refractivity contribution is 6.04. The molecule has 3 aromatic heterocycles. The Morgan fingerprint density at radius 2 is 1.95 bits per heavy atom. The van der Waals surface area contributed by atoms with Gasteiger partial charge in [-0.15, -0.1) is 0 Å². The smallest absolute Gasteiger partial charge is 0.410 e. The van der Waals surface area contributed by atoms with Crippen LogP contribution in [0, 0.1) is 6.92 Å². The number of methoxy groups -OCH3 is 1. The van der Waals surface area contributed by atoms with Gasteiger partial charge in [0.2, 0.25) is 0 Å². The highest BCUT2D eigenvalue weighted by Gasteiger charge is 2.34. The fourth-order valence-electron chi connectivity index (χ4n) is 5.13. The number of carbonyl (C=O) groups is 2. The van der Waals surface area contributed by atoms with Gasteiger partial charge in [-0.2, -0.15) is 5.10 Å². The molecule has 1 N–H and O–H groups in total. The summed E-state index contributed by atoms with van der Waals surface area (Å²) in [5, 5.41) is 7.41. The van der Waals surface area contributed by atoms with Crippen LogP contribution in [0.1, 0.15) is 39.0 Å². The van der Waals surface area contributed by atoms with Crippen molar-refractivity contribution in [1.29, 1.82) is 0 Å². The Balaban J connectivity index is 1.32. The second-order valence-corrected chi connectivity index (χ2v) is 10.8. The number of piperazine rings is 1. The van der Waals surface area contributed by atoms with Gasteiger partial charge in [-0.1, -0.05) is 0 Å². The number of hydrogen-bond donors (Lipinski definition) is 1. The van der Waals surface area contributed by atoms with Crippen molar-refractivity contribution in [3.8, 4) is 5.75 Å². The number of pyridine rings is 2. The average molecular weight is 522 g/mol. The van der Waals surface area contributed by atoms with E-state index >= 15 is 0 Å². The molecule has 1 fully saturated rings. The lowest BCUT2D eigenvalue weighted by atomic mass is 10.1. The van der Waals surface area contributed by atoms with Crippen LogP contribution in [0.5, 0.6) is 5.75 Å². The molecule has 1 atom stereocenters. The third-order valence-corrected chi connectivity index (χ3v) is 6.84. The highest BCUT2D eigenvalue weighted by Crippen LogP contribution is 2.36. The van der Waals surface area contributed by atoms with E-state index in [4.69, 9.17) is 9.47 Å². The minimum atomic E-state index is -0.530. The normalized spacial score (nSPS) is 17.5. The third-order valence-electron chi connectivity index (χ3n) is 6.84. The molecule has 0 unspecified atom stereocenters. The van der Waals surface area contributed by atoms with Crippen molar-refractivity contribution in [1.82, 2.24) is 19.5 Å². The summed E-state index contributed by atoms with van der Waals surface area (Å²) < 4.78 is 12.8. The lowest BCUT2D eigenvalue weighted by Gasteiger charge is -2.41. The molecule has 0 radical (unpaired) electrons. The van der Waals surface area contributed by atoms with Gasteiger partial charge in [0.25, 0.3) is 0 Å². The van der Waals surface area contributed by atoms with E-state index in [1.54, 1.807) is 33.8 Å². The molecule has 202 valence electrons. The first-order chi connectivity index (χ1) is 18.0. The Hall–Kier alpha value is -4.02. The molecular weight excluding hydrogens is 486 g/mol. The largest absolute Gasteiger partial charge is 0.493 e. The quantitative estimate of drug-likeness (QED) is 0.554. The summed E-state index contributed by atoms with van der Waals surface area (Å²) in [6, 6.07) is 5.50. The van der Waals surface area contributed by atoms with Gasteiger partial charge in [-0.05, 0) is 59.2 Å². The van der Waals surface area contributed by atoms with Crippen LogP contribution >= 0.6 is 0 Å². The van der Waals surface area contributed by atoms with Crippen LogP contribution in [0.3, 0.4) is 0 Å². The van der Waals surface area contributed by atoms with Crippen LogP contribution in [-0.2, 0) is 11.2 Å². The van der Waals surface area contributed by atoms with Crippen molar-refractivity contribution in [3.05, 3.63) is 41.9 Å². The molecular formula is C27H35N7O4. The molecule has 2 aliphatic heterocycles. The van der Waals surface area contributed by atoms with E-state index in [1.165, 1.54) is 0 Å². The number of ether oxygens (including phenoxy) is 2. The second kappa shape index (κ2) is 9.70. The number of fused-ring (bicyclic) bond motifs is 2. The molecule has 5 rings (SSSR count).